The van der Waals surface area contributed by atoms with E-state index in [1.54, 1.807) is 11.3 Å². The summed E-state index contributed by atoms with van der Waals surface area (Å²) in [6, 6.07) is 12.3. The van der Waals surface area contributed by atoms with Crippen LogP contribution in [0.5, 0.6) is 0 Å². The minimum atomic E-state index is -0.130. The molecule has 0 saturated carbocycles. The summed E-state index contributed by atoms with van der Waals surface area (Å²) in [5.41, 5.74) is 3.01. The highest BCUT2D eigenvalue weighted by Gasteiger charge is 2.32. The molecule has 1 N–H and O–H groups in total. The maximum atomic E-state index is 12.8. The van der Waals surface area contributed by atoms with Gasteiger partial charge in [0, 0.05) is 17.0 Å². The first-order chi connectivity index (χ1) is 15.8. The molecule has 2 aromatic heterocycles. The molecule has 2 heterocycles. The van der Waals surface area contributed by atoms with Crippen molar-refractivity contribution in [3.8, 4) is 17.5 Å². The van der Waals surface area contributed by atoms with E-state index in [9.17, 15) is 10.1 Å². The second-order valence-corrected chi connectivity index (χ2v) is 11.4. The molecule has 1 aliphatic rings. The molecule has 3 aromatic rings. The number of rotatable bonds is 6. The molecule has 1 aliphatic carbocycles. The number of benzene rings is 1. The highest BCUT2D eigenvalue weighted by Crippen LogP contribution is 2.44. The number of anilines is 1. The predicted molar refractivity (Wildman–Crippen MR) is 134 cm³/mol. The summed E-state index contributed by atoms with van der Waals surface area (Å²) in [6.45, 7) is 9.59. The quantitative estimate of drug-likeness (QED) is 0.453. The Morgan fingerprint density at radius 1 is 1.30 bits per heavy atom. The third kappa shape index (κ3) is 4.99. The highest BCUT2D eigenvalue weighted by atomic mass is 32.2. The van der Waals surface area contributed by atoms with E-state index >= 15 is 0 Å². The molecule has 0 unspecified atom stereocenters. The molecule has 4 rings (SSSR count). The number of hydrogen-bond donors (Lipinski definition) is 1. The van der Waals surface area contributed by atoms with Crippen molar-refractivity contribution >= 4 is 34.0 Å². The number of thioether (sulfide) groups is 1. The molecule has 0 radical (unpaired) electrons. The molecule has 1 atom stereocenters. The normalized spacial score (nSPS) is 15.7. The van der Waals surface area contributed by atoms with E-state index in [4.69, 9.17) is 0 Å². The summed E-state index contributed by atoms with van der Waals surface area (Å²) in [7, 11) is 0. The zero-order chi connectivity index (χ0) is 23.6. The molecule has 6 nitrogen and oxygen atoms in total. The van der Waals surface area contributed by atoms with Crippen LogP contribution >= 0.6 is 23.1 Å². The average Bonchev–Trinajstić information content (AvgIpc) is 3.37. The fourth-order valence-electron chi connectivity index (χ4n) is 4.31. The summed E-state index contributed by atoms with van der Waals surface area (Å²) < 4.78 is 2.02. The van der Waals surface area contributed by atoms with Gasteiger partial charge in [-0.1, -0.05) is 62.9 Å². The molecular weight excluding hydrogens is 450 g/mol. The highest BCUT2D eigenvalue weighted by molar-refractivity contribution is 7.99. The zero-order valence-corrected chi connectivity index (χ0v) is 21.1. The number of thiophene rings is 1. The summed E-state index contributed by atoms with van der Waals surface area (Å²) in [6.07, 6.45) is 2.97. The van der Waals surface area contributed by atoms with E-state index in [0.717, 1.165) is 36.2 Å². The van der Waals surface area contributed by atoms with Gasteiger partial charge in [0.1, 0.15) is 11.1 Å². The van der Waals surface area contributed by atoms with E-state index in [1.165, 1.54) is 16.6 Å². The Hall–Kier alpha value is -2.63. The molecule has 0 bridgehead atoms. The van der Waals surface area contributed by atoms with Crippen molar-refractivity contribution in [3.63, 3.8) is 0 Å². The fourth-order valence-corrected chi connectivity index (χ4v) is 6.40. The Morgan fingerprint density at radius 3 is 2.73 bits per heavy atom. The van der Waals surface area contributed by atoms with Crippen molar-refractivity contribution in [2.75, 3.05) is 11.1 Å². The van der Waals surface area contributed by atoms with Gasteiger partial charge in [-0.25, -0.2) is 0 Å². The van der Waals surface area contributed by atoms with Crippen molar-refractivity contribution < 1.29 is 4.79 Å². The minimum absolute atomic E-state index is 0.130. The first-order valence-electron chi connectivity index (χ1n) is 11.3. The number of carbonyl (C=O) groups excluding carboxylic acids is 1. The average molecular weight is 480 g/mol. The smallest absolute Gasteiger partial charge is 0.235 e. The molecule has 33 heavy (non-hydrogen) atoms. The summed E-state index contributed by atoms with van der Waals surface area (Å²) in [5.74, 6) is 1.47. The predicted octanol–water partition coefficient (Wildman–Crippen LogP) is 5.78. The van der Waals surface area contributed by atoms with Crippen LogP contribution in [0.15, 0.2) is 35.5 Å². The van der Waals surface area contributed by atoms with Gasteiger partial charge in [0.15, 0.2) is 11.0 Å². The molecular formula is C25H29N5OS2. The summed E-state index contributed by atoms with van der Waals surface area (Å²) >= 11 is 2.93. The van der Waals surface area contributed by atoms with Gasteiger partial charge in [-0.15, -0.1) is 21.5 Å². The minimum Gasteiger partial charge on any atom is -0.316 e. The standard InChI is InChI=1S/C25H29N5OS2/c1-5-30-22(16-9-7-6-8-10-16)28-29-24(30)32-15-21(31)27-23-19(14-26)18-12-11-17(25(2,3)4)13-20(18)33-23/h6-10,17H,5,11-13,15H2,1-4H3,(H,27,31)/t17-/m1/s1. The summed E-state index contributed by atoms with van der Waals surface area (Å²) in [5, 5.41) is 22.8. The first kappa shape index (κ1) is 23.5. The van der Waals surface area contributed by atoms with Gasteiger partial charge in [-0.05, 0) is 43.1 Å². The first-order valence-corrected chi connectivity index (χ1v) is 13.1. The lowest BCUT2D eigenvalue weighted by atomic mass is 9.72. The number of nitrogens with one attached hydrogen (secondary N) is 1. The topological polar surface area (TPSA) is 83.6 Å². The molecule has 172 valence electrons. The van der Waals surface area contributed by atoms with Crippen LogP contribution in [0.1, 0.15) is 50.1 Å². The molecule has 8 heteroatoms. The van der Waals surface area contributed by atoms with E-state index < -0.39 is 0 Å². The zero-order valence-electron chi connectivity index (χ0n) is 19.5. The number of hydrogen-bond acceptors (Lipinski definition) is 6. The van der Waals surface area contributed by atoms with Crippen LogP contribution in [-0.4, -0.2) is 26.4 Å². The van der Waals surface area contributed by atoms with Crippen LogP contribution in [0.4, 0.5) is 5.00 Å². The van der Waals surface area contributed by atoms with Gasteiger partial charge in [0.25, 0.3) is 0 Å². The van der Waals surface area contributed by atoms with Crippen LogP contribution < -0.4 is 5.32 Å². The molecule has 1 amide bonds. The van der Waals surface area contributed by atoms with Crippen LogP contribution in [0.3, 0.4) is 0 Å². The third-order valence-corrected chi connectivity index (χ3v) is 8.39. The second-order valence-electron chi connectivity index (χ2n) is 9.38. The Morgan fingerprint density at radius 2 is 2.06 bits per heavy atom. The monoisotopic (exact) mass is 479 g/mol. The third-order valence-electron chi connectivity index (χ3n) is 6.25. The number of amides is 1. The lowest BCUT2D eigenvalue weighted by Crippen LogP contribution is -2.26. The van der Waals surface area contributed by atoms with Crippen LogP contribution in [0.2, 0.25) is 0 Å². The fraction of sp³-hybridized carbons (Fsp3) is 0.440. The van der Waals surface area contributed by atoms with Crippen molar-refractivity contribution in [2.45, 2.75) is 58.7 Å². The van der Waals surface area contributed by atoms with Crippen LogP contribution in [-0.2, 0) is 24.2 Å². The van der Waals surface area contributed by atoms with Gasteiger partial charge in [0.2, 0.25) is 5.91 Å². The second kappa shape index (κ2) is 9.70. The van der Waals surface area contributed by atoms with Gasteiger partial charge in [0.05, 0.1) is 11.3 Å². The Bertz CT molecular complexity index is 1180. The molecule has 0 saturated heterocycles. The SMILES string of the molecule is CCn1c(SCC(=O)Nc2sc3c(c2C#N)CC[C@@H](C(C)(C)C)C3)nnc1-c1ccccc1. The molecule has 0 fully saturated rings. The number of fused-ring (bicyclic) bond motifs is 1. The molecule has 0 aliphatic heterocycles. The Kier molecular flexibility index (Phi) is 6.91. The van der Waals surface area contributed by atoms with Crippen molar-refractivity contribution in [1.29, 1.82) is 5.26 Å². The Labute approximate surface area is 203 Å². The number of nitriles is 1. The molecule has 1 aromatic carbocycles. The van der Waals surface area contributed by atoms with Gasteiger partial charge in [-0.2, -0.15) is 5.26 Å². The van der Waals surface area contributed by atoms with Crippen molar-refractivity contribution in [2.24, 2.45) is 11.3 Å². The lowest BCUT2D eigenvalue weighted by molar-refractivity contribution is -0.113. The van der Waals surface area contributed by atoms with E-state index in [2.05, 4.69) is 42.4 Å². The maximum absolute atomic E-state index is 12.8. The van der Waals surface area contributed by atoms with Gasteiger partial charge < -0.3 is 9.88 Å². The number of carbonyl (C=O) groups is 1. The largest absolute Gasteiger partial charge is 0.316 e. The number of nitrogens with zero attached hydrogens (tertiary/aromatic N) is 4. The van der Waals surface area contributed by atoms with Crippen LogP contribution in [0.25, 0.3) is 11.4 Å². The van der Waals surface area contributed by atoms with Crippen molar-refractivity contribution in [1.82, 2.24) is 14.8 Å². The maximum Gasteiger partial charge on any atom is 0.235 e. The summed E-state index contributed by atoms with van der Waals surface area (Å²) in [4.78, 5) is 14.0. The van der Waals surface area contributed by atoms with Crippen molar-refractivity contribution in [3.05, 3.63) is 46.3 Å². The van der Waals surface area contributed by atoms with Crippen LogP contribution in [0, 0.1) is 22.7 Å². The van der Waals surface area contributed by atoms with Gasteiger partial charge >= 0.3 is 0 Å². The molecule has 0 spiro atoms. The van der Waals surface area contributed by atoms with E-state index in [-0.39, 0.29) is 17.1 Å². The van der Waals surface area contributed by atoms with Gasteiger partial charge in [-0.3, -0.25) is 4.79 Å². The van der Waals surface area contributed by atoms with E-state index in [0.29, 0.717) is 28.2 Å². The number of aromatic nitrogens is 3. The lowest BCUT2D eigenvalue weighted by Gasteiger charge is -2.33. The Balaban J connectivity index is 1.45. The van der Waals surface area contributed by atoms with E-state index in [1.807, 2.05) is 41.8 Å².